The minimum absolute atomic E-state index is 0.0964. The molecule has 3 heteroatoms. The van der Waals surface area contributed by atoms with Gasteiger partial charge in [-0.25, -0.2) is 4.39 Å². The minimum atomic E-state index is -0.0964. The lowest BCUT2D eigenvalue weighted by Gasteiger charge is -2.38. The molecule has 0 saturated carbocycles. The summed E-state index contributed by atoms with van der Waals surface area (Å²) in [6.07, 6.45) is 0. The maximum Gasteiger partial charge on any atom is 0.127 e. The molecule has 2 rings (SSSR count). The lowest BCUT2D eigenvalue weighted by molar-refractivity contribution is 0.129. The van der Waals surface area contributed by atoms with Crippen molar-refractivity contribution >= 4 is 0 Å². The molecule has 1 aliphatic heterocycles. The molecule has 1 aliphatic rings. The topological polar surface area (TPSA) is 15.3 Å². The summed E-state index contributed by atoms with van der Waals surface area (Å²) >= 11 is 0. The van der Waals surface area contributed by atoms with Crippen molar-refractivity contribution in [1.82, 2.24) is 10.2 Å². The van der Waals surface area contributed by atoms with Crippen molar-refractivity contribution in [2.24, 2.45) is 0 Å². The van der Waals surface area contributed by atoms with Crippen LogP contribution in [0.3, 0.4) is 0 Å². The molecule has 0 amide bonds. The summed E-state index contributed by atoms with van der Waals surface area (Å²) in [4.78, 5) is 2.33. The largest absolute Gasteiger partial charge is 0.311 e. The van der Waals surface area contributed by atoms with Gasteiger partial charge in [0.2, 0.25) is 0 Å². The normalized spacial score (nSPS) is 26.9. The van der Waals surface area contributed by atoms with Gasteiger partial charge in [-0.05, 0) is 19.9 Å². The Bertz CT molecular complexity index is 354. The molecule has 1 saturated heterocycles. The highest BCUT2D eigenvalue weighted by atomic mass is 19.1. The molecular weight excluding hydrogens is 203 g/mol. The number of piperazine rings is 1. The van der Waals surface area contributed by atoms with Gasteiger partial charge in [0.15, 0.2) is 0 Å². The second kappa shape index (κ2) is 4.93. The van der Waals surface area contributed by atoms with Crippen LogP contribution in [-0.4, -0.2) is 30.1 Å². The van der Waals surface area contributed by atoms with Crippen LogP contribution in [0.5, 0.6) is 0 Å². The van der Waals surface area contributed by atoms with Gasteiger partial charge >= 0.3 is 0 Å². The number of rotatable bonds is 2. The van der Waals surface area contributed by atoms with E-state index in [1.54, 1.807) is 6.07 Å². The van der Waals surface area contributed by atoms with Crippen LogP contribution in [0.25, 0.3) is 0 Å². The van der Waals surface area contributed by atoms with Gasteiger partial charge < -0.3 is 5.32 Å². The van der Waals surface area contributed by atoms with E-state index in [0.29, 0.717) is 18.6 Å². The first-order valence-electron chi connectivity index (χ1n) is 5.89. The lowest BCUT2D eigenvalue weighted by atomic mass is 10.1. The number of halogens is 1. The molecule has 1 fully saturated rings. The van der Waals surface area contributed by atoms with Gasteiger partial charge in [0.1, 0.15) is 5.82 Å². The molecule has 16 heavy (non-hydrogen) atoms. The number of nitrogens with zero attached hydrogens (tertiary/aromatic N) is 1. The first-order valence-corrected chi connectivity index (χ1v) is 5.89. The fraction of sp³-hybridized carbons (Fsp3) is 0.538. The monoisotopic (exact) mass is 222 g/mol. The second-order valence-electron chi connectivity index (χ2n) is 4.55. The fourth-order valence-electron chi connectivity index (χ4n) is 2.19. The summed E-state index contributed by atoms with van der Waals surface area (Å²) in [5.41, 5.74) is 0.795. The van der Waals surface area contributed by atoms with Crippen molar-refractivity contribution in [3.63, 3.8) is 0 Å². The molecule has 1 aromatic carbocycles. The van der Waals surface area contributed by atoms with Crippen molar-refractivity contribution in [1.29, 1.82) is 0 Å². The highest BCUT2D eigenvalue weighted by molar-refractivity contribution is 5.17. The second-order valence-corrected chi connectivity index (χ2v) is 4.55. The molecule has 0 bridgehead atoms. The van der Waals surface area contributed by atoms with Crippen LogP contribution in [0.4, 0.5) is 4.39 Å². The van der Waals surface area contributed by atoms with Gasteiger partial charge in [-0.2, -0.15) is 0 Å². The standard InChI is InChI=1S/C13H19FN2/c1-10-11(2)16(8-7-15-10)9-12-5-3-4-6-13(12)14/h3-6,10-11,15H,7-9H2,1-2H3. The molecule has 1 N–H and O–H groups in total. The van der Waals surface area contributed by atoms with Crippen molar-refractivity contribution in [3.8, 4) is 0 Å². The third kappa shape index (κ3) is 2.42. The number of hydrogen-bond acceptors (Lipinski definition) is 2. The number of benzene rings is 1. The van der Waals surface area contributed by atoms with E-state index in [1.165, 1.54) is 6.07 Å². The third-order valence-corrected chi connectivity index (χ3v) is 3.50. The Balaban J connectivity index is 2.06. The molecule has 1 aromatic rings. The maximum absolute atomic E-state index is 13.5. The Labute approximate surface area is 96.5 Å². The van der Waals surface area contributed by atoms with Crippen molar-refractivity contribution in [2.45, 2.75) is 32.5 Å². The van der Waals surface area contributed by atoms with E-state index < -0.39 is 0 Å². The van der Waals surface area contributed by atoms with Crippen LogP contribution in [0.2, 0.25) is 0 Å². The minimum Gasteiger partial charge on any atom is -0.311 e. The third-order valence-electron chi connectivity index (χ3n) is 3.50. The molecule has 0 aromatic heterocycles. The smallest absolute Gasteiger partial charge is 0.127 e. The van der Waals surface area contributed by atoms with Crippen LogP contribution in [0.15, 0.2) is 24.3 Å². The van der Waals surface area contributed by atoms with E-state index in [9.17, 15) is 4.39 Å². The average Bonchev–Trinajstić information content (AvgIpc) is 2.28. The first kappa shape index (κ1) is 11.6. The highest BCUT2D eigenvalue weighted by Gasteiger charge is 2.24. The maximum atomic E-state index is 13.5. The van der Waals surface area contributed by atoms with Gasteiger partial charge in [0, 0.05) is 37.3 Å². The molecule has 0 radical (unpaired) electrons. The van der Waals surface area contributed by atoms with E-state index in [1.807, 2.05) is 12.1 Å². The quantitative estimate of drug-likeness (QED) is 0.823. The Morgan fingerprint density at radius 2 is 2.12 bits per heavy atom. The predicted molar refractivity (Wildman–Crippen MR) is 63.7 cm³/mol. The van der Waals surface area contributed by atoms with E-state index in [-0.39, 0.29) is 5.82 Å². The summed E-state index contributed by atoms with van der Waals surface area (Å²) in [7, 11) is 0. The fourth-order valence-corrected chi connectivity index (χ4v) is 2.19. The van der Waals surface area contributed by atoms with Gasteiger partial charge in [0.25, 0.3) is 0 Å². The zero-order chi connectivity index (χ0) is 11.5. The summed E-state index contributed by atoms with van der Waals surface area (Å²) < 4.78 is 13.5. The Morgan fingerprint density at radius 1 is 1.38 bits per heavy atom. The molecule has 0 spiro atoms. The lowest BCUT2D eigenvalue weighted by Crippen LogP contribution is -2.54. The zero-order valence-corrected chi connectivity index (χ0v) is 9.91. The van der Waals surface area contributed by atoms with E-state index >= 15 is 0 Å². The van der Waals surface area contributed by atoms with E-state index in [4.69, 9.17) is 0 Å². The number of hydrogen-bond donors (Lipinski definition) is 1. The predicted octanol–water partition coefficient (Wildman–Crippen LogP) is 2.01. The van der Waals surface area contributed by atoms with Crippen LogP contribution >= 0.6 is 0 Å². The molecule has 1 heterocycles. The average molecular weight is 222 g/mol. The van der Waals surface area contributed by atoms with Crippen molar-refractivity contribution in [3.05, 3.63) is 35.6 Å². The molecule has 2 nitrogen and oxygen atoms in total. The molecule has 0 aliphatic carbocycles. The summed E-state index contributed by atoms with van der Waals surface area (Å²) in [6.45, 7) is 7.05. The van der Waals surface area contributed by atoms with Gasteiger partial charge in [-0.3, -0.25) is 4.90 Å². The summed E-state index contributed by atoms with van der Waals surface area (Å²) in [6, 6.07) is 7.96. The van der Waals surface area contributed by atoms with Crippen LogP contribution in [0, 0.1) is 5.82 Å². The Morgan fingerprint density at radius 3 is 2.88 bits per heavy atom. The van der Waals surface area contributed by atoms with Crippen molar-refractivity contribution in [2.75, 3.05) is 13.1 Å². The molecular formula is C13H19FN2. The van der Waals surface area contributed by atoms with Crippen LogP contribution < -0.4 is 5.32 Å². The Hall–Kier alpha value is -0.930. The molecule has 2 atom stereocenters. The number of nitrogens with one attached hydrogen (secondary N) is 1. The van der Waals surface area contributed by atoms with Gasteiger partial charge in [-0.15, -0.1) is 0 Å². The van der Waals surface area contributed by atoms with E-state index in [2.05, 4.69) is 24.1 Å². The van der Waals surface area contributed by atoms with E-state index in [0.717, 1.165) is 18.7 Å². The van der Waals surface area contributed by atoms with Crippen LogP contribution in [0.1, 0.15) is 19.4 Å². The Kier molecular flexibility index (Phi) is 3.56. The molecule has 88 valence electrons. The zero-order valence-electron chi connectivity index (χ0n) is 9.91. The van der Waals surface area contributed by atoms with Gasteiger partial charge in [0.05, 0.1) is 0 Å². The van der Waals surface area contributed by atoms with Crippen molar-refractivity contribution < 1.29 is 4.39 Å². The highest BCUT2D eigenvalue weighted by Crippen LogP contribution is 2.15. The van der Waals surface area contributed by atoms with Crippen LogP contribution in [-0.2, 0) is 6.54 Å². The summed E-state index contributed by atoms with van der Waals surface area (Å²) in [5.74, 6) is -0.0964. The SMILES string of the molecule is CC1NCCN(Cc2ccccc2F)C1C. The molecule has 2 unspecified atom stereocenters. The summed E-state index contributed by atoms with van der Waals surface area (Å²) in [5, 5.41) is 3.43. The van der Waals surface area contributed by atoms with Gasteiger partial charge in [-0.1, -0.05) is 18.2 Å². The first-order chi connectivity index (χ1) is 7.68.